The lowest BCUT2D eigenvalue weighted by molar-refractivity contribution is -0.385. The molecule has 0 spiro atoms. The van der Waals surface area contributed by atoms with Gasteiger partial charge >= 0.3 is 0 Å². The van der Waals surface area contributed by atoms with Gasteiger partial charge in [0.1, 0.15) is 11.5 Å². The summed E-state index contributed by atoms with van der Waals surface area (Å²) >= 11 is 0. The highest BCUT2D eigenvalue weighted by Crippen LogP contribution is 2.22. The molecule has 0 unspecified atom stereocenters. The summed E-state index contributed by atoms with van der Waals surface area (Å²) in [7, 11) is 0. The minimum absolute atomic E-state index is 0.0291. The first kappa shape index (κ1) is 13.9. The van der Waals surface area contributed by atoms with Gasteiger partial charge in [0, 0.05) is 12.3 Å². The van der Waals surface area contributed by atoms with E-state index in [9.17, 15) is 10.1 Å². The Morgan fingerprint density at radius 2 is 2.15 bits per heavy atom. The first-order chi connectivity index (χ1) is 9.61. The third-order valence-electron chi connectivity index (χ3n) is 3.03. The van der Waals surface area contributed by atoms with Crippen LogP contribution in [0.4, 0.5) is 11.5 Å². The second kappa shape index (κ2) is 6.10. The molecule has 20 heavy (non-hydrogen) atoms. The van der Waals surface area contributed by atoms with Crippen molar-refractivity contribution in [2.45, 2.75) is 26.3 Å². The average Bonchev–Trinajstić information content (AvgIpc) is 2.45. The number of rotatable bonds is 5. The van der Waals surface area contributed by atoms with Crippen molar-refractivity contribution in [1.29, 1.82) is 0 Å². The van der Waals surface area contributed by atoms with Gasteiger partial charge in [-0.25, -0.2) is 4.98 Å². The highest BCUT2D eigenvalue weighted by Gasteiger charge is 2.14. The Kier molecular flexibility index (Phi) is 4.24. The number of nitrogens with zero attached hydrogens (tertiary/aromatic N) is 3. The number of pyridine rings is 2. The van der Waals surface area contributed by atoms with E-state index in [0.29, 0.717) is 11.5 Å². The van der Waals surface area contributed by atoms with Gasteiger partial charge in [0.2, 0.25) is 0 Å². The Balaban J connectivity index is 2.20. The minimum Gasteiger partial charge on any atom is -0.362 e. The first-order valence-corrected chi connectivity index (χ1v) is 6.41. The topological polar surface area (TPSA) is 81.0 Å². The molecule has 1 N–H and O–H groups in total. The molecule has 0 radical (unpaired) electrons. The summed E-state index contributed by atoms with van der Waals surface area (Å²) in [5.41, 5.74) is 1.35. The van der Waals surface area contributed by atoms with E-state index in [1.54, 1.807) is 19.2 Å². The zero-order valence-corrected chi connectivity index (χ0v) is 11.4. The summed E-state index contributed by atoms with van der Waals surface area (Å²) in [4.78, 5) is 18.9. The summed E-state index contributed by atoms with van der Waals surface area (Å²) < 4.78 is 0. The summed E-state index contributed by atoms with van der Waals surface area (Å²) in [6, 6.07) is 8.86. The van der Waals surface area contributed by atoms with Crippen molar-refractivity contribution in [2.24, 2.45) is 0 Å². The summed E-state index contributed by atoms with van der Waals surface area (Å²) in [5.74, 6) is 0.616. The van der Waals surface area contributed by atoms with Crippen LogP contribution in [0.15, 0.2) is 36.5 Å². The van der Waals surface area contributed by atoms with Crippen LogP contribution in [-0.2, 0) is 0 Å². The zero-order valence-electron chi connectivity index (χ0n) is 11.4. The van der Waals surface area contributed by atoms with E-state index in [4.69, 9.17) is 0 Å². The Hall–Kier alpha value is -2.50. The molecule has 0 aliphatic heterocycles. The van der Waals surface area contributed by atoms with Crippen LogP contribution in [0.2, 0.25) is 0 Å². The van der Waals surface area contributed by atoms with Gasteiger partial charge < -0.3 is 5.32 Å². The molecule has 6 nitrogen and oxygen atoms in total. The van der Waals surface area contributed by atoms with Crippen molar-refractivity contribution in [2.75, 3.05) is 5.32 Å². The first-order valence-electron chi connectivity index (χ1n) is 6.41. The molecule has 0 aliphatic rings. The third-order valence-corrected chi connectivity index (χ3v) is 3.03. The van der Waals surface area contributed by atoms with Gasteiger partial charge in [0.25, 0.3) is 5.69 Å². The Bertz CT molecular complexity index is 601. The van der Waals surface area contributed by atoms with Crippen molar-refractivity contribution < 1.29 is 4.92 Å². The zero-order chi connectivity index (χ0) is 14.5. The molecule has 2 rings (SSSR count). The van der Waals surface area contributed by atoms with Crippen LogP contribution in [0.25, 0.3) is 0 Å². The van der Waals surface area contributed by atoms with Crippen molar-refractivity contribution in [1.82, 2.24) is 9.97 Å². The molecule has 1 atom stereocenters. The lowest BCUT2D eigenvalue weighted by atomic mass is 10.1. The standard InChI is InChI=1S/C14H16N4O2/c1-3-11(12-6-4-5-9-15-12)17-14-8-7-13(18(19)20)10(2)16-14/h4-9,11H,3H2,1-2H3,(H,16,17)/t11-/m0/s1. The average molecular weight is 272 g/mol. The van der Waals surface area contributed by atoms with Crippen LogP contribution >= 0.6 is 0 Å². The Morgan fingerprint density at radius 3 is 2.70 bits per heavy atom. The lowest BCUT2D eigenvalue weighted by Gasteiger charge is -2.17. The SMILES string of the molecule is CC[C@H](Nc1ccc([N+](=O)[O-])c(C)n1)c1ccccn1. The smallest absolute Gasteiger partial charge is 0.290 e. The quantitative estimate of drug-likeness (QED) is 0.667. The molecule has 104 valence electrons. The molecular weight excluding hydrogens is 256 g/mol. The van der Waals surface area contributed by atoms with Crippen LogP contribution in [0.1, 0.15) is 30.8 Å². The number of anilines is 1. The molecule has 0 bridgehead atoms. The van der Waals surface area contributed by atoms with Gasteiger partial charge in [-0.15, -0.1) is 0 Å². The summed E-state index contributed by atoms with van der Waals surface area (Å²) in [6.07, 6.45) is 2.59. The van der Waals surface area contributed by atoms with Crippen molar-refractivity contribution in [3.8, 4) is 0 Å². The van der Waals surface area contributed by atoms with E-state index in [1.807, 2.05) is 25.1 Å². The lowest BCUT2D eigenvalue weighted by Crippen LogP contribution is -2.12. The maximum Gasteiger partial charge on any atom is 0.290 e. The predicted octanol–water partition coefficient (Wildman–Crippen LogP) is 3.26. The fraction of sp³-hybridized carbons (Fsp3) is 0.286. The van der Waals surface area contributed by atoms with Gasteiger partial charge in [-0.05, 0) is 31.5 Å². The fourth-order valence-corrected chi connectivity index (χ4v) is 1.97. The summed E-state index contributed by atoms with van der Waals surface area (Å²) in [6.45, 7) is 3.68. The van der Waals surface area contributed by atoms with Crippen LogP contribution in [0.5, 0.6) is 0 Å². The molecule has 2 heterocycles. The molecule has 6 heteroatoms. The number of aromatic nitrogens is 2. The van der Waals surface area contributed by atoms with Gasteiger partial charge in [-0.1, -0.05) is 13.0 Å². The maximum absolute atomic E-state index is 10.8. The number of nitrogens with one attached hydrogen (secondary N) is 1. The normalized spacial score (nSPS) is 11.9. The number of nitro groups is 1. The Morgan fingerprint density at radius 1 is 1.35 bits per heavy atom. The number of hydrogen-bond donors (Lipinski definition) is 1. The fourth-order valence-electron chi connectivity index (χ4n) is 1.97. The second-order valence-corrected chi connectivity index (χ2v) is 4.42. The maximum atomic E-state index is 10.8. The van der Waals surface area contributed by atoms with E-state index in [2.05, 4.69) is 15.3 Å². The van der Waals surface area contributed by atoms with Crippen molar-refractivity contribution in [3.05, 3.63) is 58.0 Å². The van der Waals surface area contributed by atoms with E-state index >= 15 is 0 Å². The van der Waals surface area contributed by atoms with E-state index in [1.165, 1.54) is 6.07 Å². The molecule has 2 aromatic heterocycles. The minimum atomic E-state index is -0.428. The Labute approximate surface area is 117 Å². The molecule has 0 saturated heterocycles. The van der Waals surface area contributed by atoms with Crippen LogP contribution in [0.3, 0.4) is 0 Å². The van der Waals surface area contributed by atoms with Gasteiger partial charge in [-0.3, -0.25) is 15.1 Å². The van der Waals surface area contributed by atoms with Crippen LogP contribution in [0, 0.1) is 17.0 Å². The highest BCUT2D eigenvalue weighted by molar-refractivity contribution is 5.45. The largest absolute Gasteiger partial charge is 0.362 e. The molecule has 0 aliphatic carbocycles. The van der Waals surface area contributed by atoms with Gasteiger partial charge in [0.15, 0.2) is 0 Å². The molecule has 0 amide bonds. The summed E-state index contributed by atoms with van der Waals surface area (Å²) in [5, 5.41) is 14.0. The monoisotopic (exact) mass is 272 g/mol. The third kappa shape index (κ3) is 3.09. The van der Waals surface area contributed by atoms with E-state index in [0.717, 1.165) is 12.1 Å². The van der Waals surface area contributed by atoms with Gasteiger partial charge in [-0.2, -0.15) is 0 Å². The molecule has 0 saturated carbocycles. The van der Waals surface area contributed by atoms with Crippen molar-refractivity contribution >= 4 is 11.5 Å². The van der Waals surface area contributed by atoms with Crippen molar-refractivity contribution in [3.63, 3.8) is 0 Å². The van der Waals surface area contributed by atoms with E-state index in [-0.39, 0.29) is 11.7 Å². The van der Waals surface area contributed by atoms with Crippen LogP contribution < -0.4 is 5.32 Å². The highest BCUT2D eigenvalue weighted by atomic mass is 16.6. The van der Waals surface area contributed by atoms with E-state index < -0.39 is 4.92 Å². The number of hydrogen-bond acceptors (Lipinski definition) is 5. The molecular formula is C14H16N4O2. The molecule has 0 fully saturated rings. The molecule has 2 aromatic rings. The van der Waals surface area contributed by atoms with Gasteiger partial charge in [0.05, 0.1) is 16.7 Å². The number of aryl methyl sites for hydroxylation is 1. The predicted molar refractivity (Wildman–Crippen MR) is 76.5 cm³/mol. The second-order valence-electron chi connectivity index (χ2n) is 4.42. The molecule has 0 aromatic carbocycles. The van der Waals surface area contributed by atoms with Crippen LogP contribution in [-0.4, -0.2) is 14.9 Å².